The Labute approximate surface area is 109 Å². The lowest BCUT2D eigenvalue weighted by Gasteiger charge is -2.03. The van der Waals surface area contributed by atoms with Crippen LogP contribution in [0.25, 0.3) is 6.08 Å². The van der Waals surface area contributed by atoms with E-state index in [0.29, 0.717) is 11.3 Å². The Bertz CT molecular complexity index is 561. The van der Waals surface area contributed by atoms with E-state index in [1.807, 2.05) is 0 Å². The summed E-state index contributed by atoms with van der Waals surface area (Å²) in [5.41, 5.74) is 6.15. The first-order chi connectivity index (χ1) is 9.04. The summed E-state index contributed by atoms with van der Waals surface area (Å²) >= 11 is 0. The first-order valence-corrected chi connectivity index (χ1v) is 5.60. The molecule has 0 aliphatic carbocycles. The average molecular weight is 260 g/mol. The highest BCUT2D eigenvalue weighted by Crippen LogP contribution is 2.17. The maximum atomic E-state index is 11.4. The van der Waals surface area contributed by atoms with Crippen LogP contribution in [-0.2, 0) is 14.4 Å². The Morgan fingerprint density at radius 1 is 1.32 bits per heavy atom. The fourth-order valence-corrected chi connectivity index (χ4v) is 1.64. The third-order valence-corrected chi connectivity index (χ3v) is 2.50. The number of benzene rings is 1. The van der Waals surface area contributed by atoms with Gasteiger partial charge in [0.25, 0.3) is 11.8 Å². The van der Waals surface area contributed by atoms with Crippen molar-refractivity contribution in [2.75, 3.05) is 6.61 Å². The van der Waals surface area contributed by atoms with E-state index in [-0.39, 0.29) is 24.8 Å². The molecule has 6 heteroatoms. The molecule has 19 heavy (non-hydrogen) atoms. The largest absolute Gasteiger partial charge is 0.484 e. The van der Waals surface area contributed by atoms with E-state index < -0.39 is 5.91 Å². The van der Waals surface area contributed by atoms with Gasteiger partial charge >= 0.3 is 0 Å². The van der Waals surface area contributed by atoms with Crippen molar-refractivity contribution in [1.29, 1.82) is 0 Å². The molecule has 1 fully saturated rings. The number of rotatable bonds is 4. The zero-order valence-corrected chi connectivity index (χ0v) is 10.0. The molecule has 1 saturated heterocycles. The molecule has 3 N–H and O–H groups in total. The first kappa shape index (κ1) is 12.8. The molecule has 1 aliphatic heterocycles. The maximum Gasteiger partial charge on any atom is 0.255 e. The minimum atomic E-state index is -0.549. The molecular formula is C13H12N2O4. The molecule has 2 rings (SSSR count). The summed E-state index contributed by atoms with van der Waals surface area (Å²) in [7, 11) is 0. The fourth-order valence-electron chi connectivity index (χ4n) is 1.64. The summed E-state index contributed by atoms with van der Waals surface area (Å²) in [4.78, 5) is 32.9. The molecule has 1 aliphatic rings. The lowest BCUT2D eigenvalue weighted by atomic mass is 10.1. The number of nitrogens with one attached hydrogen (secondary N) is 1. The summed E-state index contributed by atoms with van der Waals surface area (Å²) < 4.78 is 5.10. The fraction of sp³-hybridized carbons (Fsp3) is 0.154. The van der Waals surface area contributed by atoms with Crippen LogP contribution in [0.2, 0.25) is 0 Å². The predicted molar refractivity (Wildman–Crippen MR) is 66.9 cm³/mol. The highest BCUT2D eigenvalue weighted by Gasteiger charge is 2.23. The molecule has 3 amide bonds. The lowest BCUT2D eigenvalue weighted by Crippen LogP contribution is -2.19. The number of carbonyl (C=O) groups excluding carboxylic acids is 3. The molecule has 0 bridgehead atoms. The van der Waals surface area contributed by atoms with Crippen molar-refractivity contribution in [3.8, 4) is 5.75 Å². The Kier molecular flexibility index (Phi) is 3.61. The lowest BCUT2D eigenvalue weighted by molar-refractivity contribution is -0.124. The van der Waals surface area contributed by atoms with Gasteiger partial charge in [-0.2, -0.15) is 0 Å². The summed E-state index contributed by atoms with van der Waals surface area (Å²) in [6, 6.07) is 6.76. The molecule has 0 unspecified atom stereocenters. The van der Waals surface area contributed by atoms with Crippen LogP contribution in [0.3, 0.4) is 0 Å². The first-order valence-electron chi connectivity index (χ1n) is 5.60. The number of carbonyl (C=O) groups is 3. The minimum absolute atomic E-state index is 0.0960. The smallest absolute Gasteiger partial charge is 0.255 e. The van der Waals surface area contributed by atoms with E-state index in [2.05, 4.69) is 5.32 Å². The van der Waals surface area contributed by atoms with E-state index in [1.54, 1.807) is 30.3 Å². The summed E-state index contributed by atoms with van der Waals surface area (Å²) in [6.07, 6.45) is 1.73. The molecule has 98 valence electrons. The number of hydrogen-bond donors (Lipinski definition) is 2. The number of hydrogen-bond acceptors (Lipinski definition) is 4. The van der Waals surface area contributed by atoms with Gasteiger partial charge in [0.2, 0.25) is 5.91 Å². The Morgan fingerprint density at radius 2 is 2.00 bits per heavy atom. The number of nitrogens with two attached hydrogens (primary N) is 1. The molecular weight excluding hydrogens is 248 g/mol. The van der Waals surface area contributed by atoms with Crippen molar-refractivity contribution >= 4 is 23.8 Å². The molecule has 0 atom stereocenters. The number of amides is 3. The SMILES string of the molecule is NC(=O)COc1ccc(C=C2CC(=O)NC2=O)cc1. The Balaban J connectivity index is 2.06. The second-order valence-corrected chi connectivity index (χ2v) is 4.05. The Hall–Kier alpha value is -2.63. The topological polar surface area (TPSA) is 98.5 Å². The minimum Gasteiger partial charge on any atom is -0.484 e. The van der Waals surface area contributed by atoms with E-state index in [0.717, 1.165) is 5.56 Å². The third kappa shape index (κ3) is 3.41. The third-order valence-electron chi connectivity index (χ3n) is 2.50. The van der Waals surface area contributed by atoms with Gasteiger partial charge < -0.3 is 10.5 Å². The van der Waals surface area contributed by atoms with Gasteiger partial charge in [-0.3, -0.25) is 19.7 Å². The van der Waals surface area contributed by atoms with E-state index in [9.17, 15) is 14.4 Å². The molecule has 0 radical (unpaired) electrons. The highest BCUT2D eigenvalue weighted by atomic mass is 16.5. The van der Waals surface area contributed by atoms with Gasteiger partial charge in [-0.25, -0.2) is 0 Å². The second-order valence-electron chi connectivity index (χ2n) is 4.05. The zero-order chi connectivity index (χ0) is 13.8. The van der Waals surface area contributed by atoms with Crippen LogP contribution >= 0.6 is 0 Å². The van der Waals surface area contributed by atoms with Crippen LogP contribution in [0.1, 0.15) is 12.0 Å². The van der Waals surface area contributed by atoms with Crippen molar-refractivity contribution in [1.82, 2.24) is 5.32 Å². The van der Waals surface area contributed by atoms with Crippen molar-refractivity contribution in [2.24, 2.45) is 5.73 Å². The molecule has 0 saturated carbocycles. The molecule has 0 aromatic heterocycles. The number of ether oxygens (including phenoxy) is 1. The second kappa shape index (κ2) is 5.34. The molecule has 1 heterocycles. The van der Waals surface area contributed by atoms with E-state index in [4.69, 9.17) is 10.5 Å². The summed E-state index contributed by atoms with van der Waals surface area (Å²) in [5.74, 6) is -0.697. The normalized spacial score (nSPS) is 16.5. The molecule has 6 nitrogen and oxygen atoms in total. The van der Waals surface area contributed by atoms with Crippen molar-refractivity contribution < 1.29 is 19.1 Å². The van der Waals surface area contributed by atoms with E-state index >= 15 is 0 Å². The Morgan fingerprint density at radius 3 is 2.53 bits per heavy atom. The van der Waals surface area contributed by atoms with Gasteiger partial charge in [0, 0.05) is 5.57 Å². The van der Waals surface area contributed by atoms with Crippen molar-refractivity contribution in [3.63, 3.8) is 0 Å². The standard InChI is InChI=1S/C13H12N2O4/c14-11(16)7-19-10-3-1-8(2-4-10)5-9-6-12(17)15-13(9)18/h1-5H,6-7H2,(H2,14,16)(H,15,17,18). The number of primary amides is 1. The zero-order valence-electron chi connectivity index (χ0n) is 10.0. The van der Waals surface area contributed by atoms with Gasteiger partial charge in [-0.05, 0) is 23.8 Å². The van der Waals surface area contributed by atoms with E-state index in [1.165, 1.54) is 0 Å². The quantitative estimate of drug-likeness (QED) is 0.587. The van der Waals surface area contributed by atoms with Crippen LogP contribution in [0.15, 0.2) is 29.8 Å². The summed E-state index contributed by atoms with van der Waals surface area (Å²) in [6.45, 7) is -0.183. The average Bonchev–Trinajstić information content (AvgIpc) is 2.67. The molecule has 1 aromatic rings. The van der Waals surface area contributed by atoms with Gasteiger partial charge in [0.1, 0.15) is 5.75 Å². The van der Waals surface area contributed by atoms with Crippen LogP contribution in [0, 0.1) is 0 Å². The van der Waals surface area contributed by atoms with Gasteiger partial charge in [0.05, 0.1) is 6.42 Å². The van der Waals surface area contributed by atoms with Crippen LogP contribution in [0.5, 0.6) is 5.75 Å². The van der Waals surface area contributed by atoms with Gasteiger partial charge in [-0.1, -0.05) is 12.1 Å². The van der Waals surface area contributed by atoms with Crippen molar-refractivity contribution in [3.05, 3.63) is 35.4 Å². The maximum absolute atomic E-state index is 11.4. The number of imide groups is 1. The van der Waals surface area contributed by atoms with Crippen LogP contribution in [0.4, 0.5) is 0 Å². The predicted octanol–water partition coefficient (Wildman–Crippen LogP) is -0.0194. The van der Waals surface area contributed by atoms with Crippen molar-refractivity contribution in [2.45, 2.75) is 6.42 Å². The molecule has 0 spiro atoms. The van der Waals surface area contributed by atoms with Gasteiger partial charge in [0.15, 0.2) is 6.61 Å². The van der Waals surface area contributed by atoms with Crippen LogP contribution in [-0.4, -0.2) is 24.3 Å². The summed E-state index contributed by atoms with van der Waals surface area (Å²) in [5, 5.41) is 2.21. The highest BCUT2D eigenvalue weighted by molar-refractivity contribution is 6.15. The monoisotopic (exact) mass is 260 g/mol. The molecule has 1 aromatic carbocycles. The van der Waals surface area contributed by atoms with Gasteiger partial charge in [-0.15, -0.1) is 0 Å². The van der Waals surface area contributed by atoms with Crippen LogP contribution < -0.4 is 15.8 Å².